The largest absolute Gasteiger partial charge is 0.368 e. The van der Waals surface area contributed by atoms with E-state index in [1.165, 1.54) is 8.47 Å². The van der Waals surface area contributed by atoms with E-state index in [2.05, 4.69) is 21.4 Å². The Labute approximate surface area is 162 Å². The molecule has 0 saturated carbocycles. The number of nitrogens with zero attached hydrogens (tertiary/aromatic N) is 1. The zero-order valence-corrected chi connectivity index (χ0v) is 16.0. The van der Waals surface area contributed by atoms with Gasteiger partial charge in [0, 0.05) is 10.5 Å². The van der Waals surface area contributed by atoms with Crippen LogP contribution in [-0.4, -0.2) is 11.7 Å². The molecule has 3 aliphatic heterocycles. The normalized spacial score (nSPS) is 21.4. The Kier molecular flexibility index (Phi) is 5.26. The van der Waals surface area contributed by atoms with Gasteiger partial charge in [-0.1, -0.05) is 88.6 Å². The summed E-state index contributed by atoms with van der Waals surface area (Å²) in [6.45, 7) is 0. The lowest BCUT2D eigenvalue weighted by molar-refractivity contribution is -0.136. The standard InChI is InChI=1S/C18H11NO2S4/c20-16-14(15(19-21-16)12-5-2-1-3-6-12)8-4-7-13-11-24-18(25-13)17-22-9-10-23-17/h1-11H/b7-4+,14-8+. The van der Waals surface area contributed by atoms with Crippen LogP contribution in [0.2, 0.25) is 0 Å². The van der Waals surface area contributed by atoms with E-state index >= 15 is 0 Å². The molecule has 4 rings (SSSR count). The summed E-state index contributed by atoms with van der Waals surface area (Å²) < 4.78 is 2.63. The molecule has 0 atom stereocenters. The van der Waals surface area contributed by atoms with Crippen LogP contribution < -0.4 is 0 Å². The topological polar surface area (TPSA) is 38.7 Å². The summed E-state index contributed by atoms with van der Waals surface area (Å²) in [5.74, 6) is -0.418. The Hall–Kier alpha value is -1.54. The Bertz CT molecular complexity index is 885. The van der Waals surface area contributed by atoms with E-state index in [0.29, 0.717) is 11.3 Å². The number of benzene rings is 1. The lowest BCUT2D eigenvalue weighted by atomic mass is 10.0. The van der Waals surface area contributed by atoms with Crippen molar-refractivity contribution in [3.8, 4) is 0 Å². The molecule has 0 unspecified atom stereocenters. The molecule has 0 bridgehead atoms. The van der Waals surface area contributed by atoms with Crippen LogP contribution in [0.5, 0.6) is 0 Å². The molecule has 0 fully saturated rings. The van der Waals surface area contributed by atoms with Crippen LogP contribution in [0.25, 0.3) is 0 Å². The molecule has 3 aliphatic rings. The van der Waals surface area contributed by atoms with Crippen molar-refractivity contribution in [2.45, 2.75) is 0 Å². The van der Waals surface area contributed by atoms with Gasteiger partial charge in [0.25, 0.3) is 0 Å². The molecule has 3 nitrogen and oxygen atoms in total. The van der Waals surface area contributed by atoms with E-state index < -0.39 is 5.97 Å². The molecule has 0 aromatic heterocycles. The third-order valence-electron chi connectivity index (χ3n) is 3.33. The second-order valence-corrected chi connectivity index (χ2v) is 9.26. The van der Waals surface area contributed by atoms with Crippen molar-refractivity contribution < 1.29 is 9.63 Å². The molecule has 0 radical (unpaired) electrons. The Balaban J connectivity index is 1.47. The first-order valence-corrected chi connectivity index (χ1v) is 10.8. The molecule has 0 saturated heterocycles. The average Bonchev–Trinajstić information content (AvgIpc) is 3.37. The minimum atomic E-state index is -0.418. The second kappa shape index (κ2) is 7.78. The first-order valence-electron chi connectivity index (χ1n) is 7.32. The van der Waals surface area contributed by atoms with Gasteiger partial charge in [-0.15, -0.1) is 0 Å². The van der Waals surface area contributed by atoms with Gasteiger partial charge in [0.2, 0.25) is 0 Å². The van der Waals surface area contributed by atoms with Crippen molar-refractivity contribution in [3.63, 3.8) is 0 Å². The lowest BCUT2D eigenvalue weighted by Gasteiger charge is -1.99. The highest BCUT2D eigenvalue weighted by Crippen LogP contribution is 2.53. The van der Waals surface area contributed by atoms with Crippen molar-refractivity contribution in [2.24, 2.45) is 5.16 Å². The maximum absolute atomic E-state index is 11.9. The molecule has 3 heterocycles. The quantitative estimate of drug-likeness (QED) is 0.469. The van der Waals surface area contributed by atoms with E-state index in [0.717, 1.165) is 10.5 Å². The van der Waals surface area contributed by atoms with E-state index in [-0.39, 0.29) is 0 Å². The smallest absolute Gasteiger partial charge is 0.312 e. The van der Waals surface area contributed by atoms with Gasteiger partial charge in [0.05, 0.1) is 14.0 Å². The van der Waals surface area contributed by atoms with Gasteiger partial charge < -0.3 is 4.84 Å². The van der Waals surface area contributed by atoms with Crippen LogP contribution in [0.1, 0.15) is 5.56 Å². The molecule has 124 valence electrons. The maximum atomic E-state index is 11.9. The Morgan fingerprint density at radius 3 is 2.60 bits per heavy atom. The molecule has 0 spiro atoms. The summed E-state index contributed by atoms with van der Waals surface area (Å²) in [5.41, 5.74) is 1.92. The number of carbonyl (C=O) groups excluding carboxylic acids is 1. The molecule has 0 amide bonds. The Morgan fingerprint density at radius 2 is 1.80 bits per heavy atom. The zero-order chi connectivity index (χ0) is 17.1. The lowest BCUT2D eigenvalue weighted by Crippen LogP contribution is -2.06. The molecule has 25 heavy (non-hydrogen) atoms. The third-order valence-corrected chi connectivity index (χ3v) is 8.33. The van der Waals surface area contributed by atoms with Gasteiger partial charge in [-0.2, -0.15) is 0 Å². The fourth-order valence-electron chi connectivity index (χ4n) is 2.21. The van der Waals surface area contributed by atoms with Crippen molar-refractivity contribution in [1.29, 1.82) is 0 Å². The number of hydrogen-bond donors (Lipinski definition) is 0. The summed E-state index contributed by atoms with van der Waals surface area (Å²) in [6, 6.07) is 9.57. The molecule has 0 aliphatic carbocycles. The van der Waals surface area contributed by atoms with E-state index in [1.807, 2.05) is 42.5 Å². The van der Waals surface area contributed by atoms with E-state index in [1.54, 1.807) is 53.1 Å². The van der Waals surface area contributed by atoms with Crippen molar-refractivity contribution >= 4 is 58.7 Å². The molecule has 1 aromatic carbocycles. The van der Waals surface area contributed by atoms with Crippen LogP contribution in [0.3, 0.4) is 0 Å². The van der Waals surface area contributed by atoms with Crippen LogP contribution >= 0.6 is 47.0 Å². The van der Waals surface area contributed by atoms with Gasteiger partial charge in [-0.05, 0) is 28.4 Å². The summed E-state index contributed by atoms with van der Waals surface area (Å²) in [7, 11) is 0. The highest BCUT2D eigenvalue weighted by atomic mass is 32.2. The predicted octanol–water partition coefficient (Wildman–Crippen LogP) is 5.83. The van der Waals surface area contributed by atoms with Gasteiger partial charge in [0.15, 0.2) is 0 Å². The number of thioether (sulfide) groups is 4. The first kappa shape index (κ1) is 16.9. The monoisotopic (exact) mass is 401 g/mol. The average molecular weight is 402 g/mol. The van der Waals surface area contributed by atoms with Crippen LogP contribution in [0, 0.1) is 0 Å². The van der Waals surface area contributed by atoms with Crippen LogP contribution in [0.4, 0.5) is 0 Å². The SMILES string of the molecule is O=C1ON=C(c2ccccc2)/C1=C\C=C\C1=CSC(=C2SC=CS2)S1. The second-order valence-electron chi connectivity index (χ2n) is 4.95. The van der Waals surface area contributed by atoms with Crippen molar-refractivity contribution in [2.75, 3.05) is 0 Å². The summed E-state index contributed by atoms with van der Waals surface area (Å²) in [6.07, 6.45) is 5.64. The predicted molar refractivity (Wildman–Crippen MR) is 111 cm³/mol. The minimum absolute atomic E-state index is 0.418. The number of oxime groups is 1. The molecule has 7 heteroatoms. The first-order chi connectivity index (χ1) is 12.3. The highest BCUT2D eigenvalue weighted by molar-refractivity contribution is 8.33. The molecule has 1 aromatic rings. The van der Waals surface area contributed by atoms with Crippen LogP contribution in [0.15, 0.2) is 88.9 Å². The zero-order valence-electron chi connectivity index (χ0n) is 12.7. The fourth-order valence-corrected chi connectivity index (χ4v) is 6.57. The Morgan fingerprint density at radius 1 is 1.00 bits per heavy atom. The summed E-state index contributed by atoms with van der Waals surface area (Å²) >= 11 is 7.00. The number of carbonyl (C=O) groups is 1. The fraction of sp³-hybridized carbons (Fsp3) is 0. The summed E-state index contributed by atoms with van der Waals surface area (Å²) in [5, 5.41) is 10.2. The van der Waals surface area contributed by atoms with Crippen molar-refractivity contribution in [3.05, 3.63) is 89.3 Å². The number of rotatable bonds is 3. The van der Waals surface area contributed by atoms with Gasteiger partial charge in [-0.25, -0.2) is 4.79 Å². The molecule has 0 N–H and O–H groups in total. The van der Waals surface area contributed by atoms with E-state index in [9.17, 15) is 4.79 Å². The third kappa shape index (κ3) is 3.84. The number of hydrogen-bond acceptors (Lipinski definition) is 7. The summed E-state index contributed by atoms with van der Waals surface area (Å²) in [4.78, 5) is 17.9. The van der Waals surface area contributed by atoms with E-state index in [4.69, 9.17) is 4.84 Å². The number of allylic oxidation sites excluding steroid dienone is 3. The van der Waals surface area contributed by atoms with Gasteiger partial charge in [-0.3, -0.25) is 0 Å². The van der Waals surface area contributed by atoms with Crippen molar-refractivity contribution in [1.82, 2.24) is 0 Å². The molecular formula is C18H11NO2S4. The molecular weight excluding hydrogens is 390 g/mol. The van der Waals surface area contributed by atoms with Gasteiger partial charge in [0.1, 0.15) is 5.71 Å². The highest BCUT2D eigenvalue weighted by Gasteiger charge is 2.26. The van der Waals surface area contributed by atoms with Crippen LogP contribution in [-0.2, 0) is 9.63 Å². The van der Waals surface area contributed by atoms with Gasteiger partial charge >= 0.3 is 5.97 Å². The maximum Gasteiger partial charge on any atom is 0.368 e. The minimum Gasteiger partial charge on any atom is -0.312 e.